The van der Waals surface area contributed by atoms with Gasteiger partial charge in [-0.3, -0.25) is 10.1 Å². The second-order valence-electron chi connectivity index (χ2n) is 5.16. The molecule has 0 aliphatic heterocycles. The number of rotatable bonds is 4. The lowest BCUT2D eigenvalue weighted by molar-refractivity contribution is -0.386. The number of nitro groups is 1. The first-order valence-corrected chi connectivity index (χ1v) is 8.44. The molecular weight excluding hydrogens is 435 g/mol. The molecule has 0 saturated carbocycles. The first kappa shape index (κ1) is 21.8. The van der Waals surface area contributed by atoms with Crippen molar-refractivity contribution in [3.8, 4) is 5.75 Å². The quantitative estimate of drug-likeness (QED) is 0.142. The number of nitrogens with one attached hydrogen (secondary N) is 2. The van der Waals surface area contributed by atoms with Crippen LogP contribution < -0.4 is 15.8 Å². The van der Waals surface area contributed by atoms with E-state index in [1.54, 1.807) is 5.32 Å². The summed E-state index contributed by atoms with van der Waals surface area (Å²) in [6, 6.07) is -0.933. The summed E-state index contributed by atoms with van der Waals surface area (Å²) in [7, 11) is -4.57. The van der Waals surface area contributed by atoms with Crippen molar-refractivity contribution in [3.05, 3.63) is 51.3 Å². The Hall–Kier alpha value is -3.53. The molecule has 0 heterocycles. The van der Waals surface area contributed by atoms with Crippen LogP contribution in [0.3, 0.4) is 0 Å². The van der Waals surface area contributed by atoms with Gasteiger partial charge in [0.1, 0.15) is 5.69 Å². The molecule has 5 N–H and O–H groups in total. The van der Waals surface area contributed by atoms with E-state index in [9.17, 15) is 50.4 Å². The van der Waals surface area contributed by atoms with Gasteiger partial charge in [-0.1, -0.05) is 0 Å². The summed E-state index contributed by atoms with van der Waals surface area (Å²) in [6.45, 7) is 0. The van der Waals surface area contributed by atoms with Crippen molar-refractivity contribution in [1.29, 1.82) is 0 Å². The van der Waals surface area contributed by atoms with Crippen LogP contribution >= 0.6 is 0 Å². The van der Waals surface area contributed by atoms with E-state index in [0.717, 1.165) is 0 Å². The third-order valence-corrected chi connectivity index (χ3v) is 4.18. The van der Waals surface area contributed by atoms with Crippen LogP contribution in [0.5, 0.6) is 5.75 Å². The topological polar surface area (TPSA) is 165 Å². The Morgan fingerprint density at radius 2 is 1.48 bits per heavy atom. The van der Waals surface area contributed by atoms with Gasteiger partial charge in [-0.15, -0.1) is 0 Å². The number of primary sulfonamides is 1. The van der Waals surface area contributed by atoms with E-state index >= 15 is 0 Å². The maximum absolute atomic E-state index is 13.6. The standard InChI is InChI=1S/C13H7F5N4O6S/c14-6-7(15)9(17)11(10(18)8(6)16)21-13(24)20-4-1-3(29(19,27)28)2-5(12(4)23)22(25)26/h1-2,23H,(H2,19,27,28)(H2,20,21,24). The van der Waals surface area contributed by atoms with Gasteiger partial charge in [0.25, 0.3) is 0 Å². The molecule has 2 amide bonds. The molecule has 0 bridgehead atoms. The first-order chi connectivity index (χ1) is 13.3. The maximum Gasteiger partial charge on any atom is 0.323 e. The van der Waals surface area contributed by atoms with Crippen molar-refractivity contribution in [3.63, 3.8) is 0 Å². The normalized spacial score (nSPS) is 11.2. The number of halogens is 5. The van der Waals surface area contributed by atoms with Gasteiger partial charge in [-0.25, -0.2) is 40.3 Å². The molecular formula is C13H7F5N4O6S. The Morgan fingerprint density at radius 3 is 1.93 bits per heavy atom. The fourth-order valence-corrected chi connectivity index (χ4v) is 2.53. The molecule has 2 aromatic carbocycles. The molecule has 2 rings (SSSR count). The Morgan fingerprint density at radius 1 is 1.00 bits per heavy atom. The van der Waals surface area contributed by atoms with E-state index in [1.165, 1.54) is 5.32 Å². The number of nitrogens with zero attached hydrogens (tertiary/aromatic N) is 1. The fourth-order valence-electron chi connectivity index (χ4n) is 1.97. The Kier molecular flexibility index (Phi) is 5.61. The molecule has 0 aromatic heterocycles. The highest BCUT2D eigenvalue weighted by atomic mass is 32.2. The Bertz CT molecular complexity index is 1130. The van der Waals surface area contributed by atoms with Crippen molar-refractivity contribution in [2.24, 2.45) is 5.14 Å². The number of benzene rings is 2. The first-order valence-electron chi connectivity index (χ1n) is 6.89. The molecule has 16 heteroatoms. The number of anilines is 2. The van der Waals surface area contributed by atoms with Gasteiger partial charge in [0.15, 0.2) is 23.3 Å². The number of carbonyl (C=O) groups excluding carboxylic acids is 1. The van der Waals surface area contributed by atoms with Crippen LogP contribution in [-0.2, 0) is 10.0 Å². The van der Waals surface area contributed by atoms with Crippen LogP contribution in [0.25, 0.3) is 0 Å². The zero-order chi connectivity index (χ0) is 22.3. The van der Waals surface area contributed by atoms with Crippen molar-refractivity contribution >= 4 is 33.1 Å². The lowest BCUT2D eigenvalue weighted by Crippen LogP contribution is -2.23. The minimum Gasteiger partial charge on any atom is -0.501 e. The highest BCUT2D eigenvalue weighted by Gasteiger charge is 2.28. The van der Waals surface area contributed by atoms with Gasteiger partial charge in [0, 0.05) is 6.07 Å². The number of hydrogen-bond acceptors (Lipinski definition) is 6. The minimum atomic E-state index is -4.57. The van der Waals surface area contributed by atoms with E-state index in [-0.39, 0.29) is 0 Å². The molecule has 0 aliphatic carbocycles. The van der Waals surface area contributed by atoms with E-state index in [1.807, 2.05) is 0 Å². The molecule has 0 fully saturated rings. The zero-order valence-corrected chi connectivity index (χ0v) is 14.3. The number of phenolic OH excluding ortho intramolecular Hbond substituents is 1. The molecule has 0 spiro atoms. The number of sulfonamides is 1. The molecule has 29 heavy (non-hydrogen) atoms. The molecule has 0 unspecified atom stereocenters. The molecule has 0 atom stereocenters. The largest absolute Gasteiger partial charge is 0.501 e. The van der Waals surface area contributed by atoms with Gasteiger partial charge in [-0.2, -0.15) is 0 Å². The third kappa shape index (κ3) is 4.16. The summed E-state index contributed by atoms with van der Waals surface area (Å²) in [5, 5.41) is 28.3. The van der Waals surface area contributed by atoms with Crippen LogP contribution in [0.4, 0.5) is 43.8 Å². The number of urea groups is 1. The summed E-state index contributed by atoms with van der Waals surface area (Å²) in [5.41, 5.74) is -3.96. The van der Waals surface area contributed by atoms with Gasteiger partial charge in [0.05, 0.1) is 15.5 Å². The van der Waals surface area contributed by atoms with Crippen molar-refractivity contribution in [1.82, 2.24) is 0 Å². The highest BCUT2D eigenvalue weighted by Crippen LogP contribution is 2.36. The fraction of sp³-hybridized carbons (Fsp3) is 0. The van der Waals surface area contributed by atoms with E-state index in [2.05, 4.69) is 0 Å². The van der Waals surface area contributed by atoms with Gasteiger partial charge in [-0.05, 0) is 6.07 Å². The number of nitro benzene ring substituents is 1. The lowest BCUT2D eigenvalue weighted by atomic mass is 10.2. The summed E-state index contributed by atoms with van der Waals surface area (Å²) in [6.07, 6.45) is 0. The molecule has 0 aliphatic rings. The number of nitrogens with two attached hydrogens (primary N) is 1. The van der Waals surface area contributed by atoms with E-state index < -0.39 is 77.8 Å². The van der Waals surface area contributed by atoms with E-state index in [4.69, 9.17) is 5.14 Å². The summed E-state index contributed by atoms with van der Waals surface area (Å²) in [4.78, 5) is 20.5. The summed E-state index contributed by atoms with van der Waals surface area (Å²) in [5.74, 6) is -13.3. The van der Waals surface area contributed by atoms with Crippen LogP contribution in [0.2, 0.25) is 0 Å². The predicted molar refractivity (Wildman–Crippen MR) is 85.0 cm³/mol. The molecule has 10 nitrogen and oxygen atoms in total. The average molecular weight is 442 g/mol. The van der Waals surface area contributed by atoms with Crippen LogP contribution in [-0.4, -0.2) is 24.5 Å². The molecule has 0 saturated heterocycles. The van der Waals surface area contributed by atoms with Crippen molar-refractivity contribution in [2.45, 2.75) is 4.90 Å². The predicted octanol–water partition coefficient (Wildman–Crippen LogP) is 2.29. The SMILES string of the molecule is NS(=O)(=O)c1cc(NC(=O)Nc2c(F)c(F)c(F)c(F)c2F)c(O)c([N+](=O)[O-])c1. The smallest absolute Gasteiger partial charge is 0.323 e. The molecule has 0 radical (unpaired) electrons. The average Bonchev–Trinajstić information content (AvgIpc) is 2.62. The van der Waals surface area contributed by atoms with Gasteiger partial charge in [0.2, 0.25) is 21.6 Å². The van der Waals surface area contributed by atoms with Crippen LogP contribution in [0.1, 0.15) is 0 Å². The number of phenols is 1. The lowest BCUT2D eigenvalue weighted by Gasteiger charge is -2.12. The Balaban J connectivity index is 2.47. The van der Waals surface area contributed by atoms with E-state index in [0.29, 0.717) is 12.1 Å². The number of amides is 2. The minimum absolute atomic E-state index is 0.359. The number of hydrogen-bond donors (Lipinski definition) is 4. The molecule has 156 valence electrons. The second-order valence-corrected chi connectivity index (χ2v) is 6.73. The van der Waals surface area contributed by atoms with Gasteiger partial charge < -0.3 is 15.7 Å². The van der Waals surface area contributed by atoms with Gasteiger partial charge >= 0.3 is 11.7 Å². The highest BCUT2D eigenvalue weighted by molar-refractivity contribution is 7.89. The molecule has 2 aromatic rings. The Labute approximate surface area is 156 Å². The monoisotopic (exact) mass is 442 g/mol. The number of aromatic hydroxyl groups is 1. The third-order valence-electron chi connectivity index (χ3n) is 3.29. The van der Waals surface area contributed by atoms with Crippen molar-refractivity contribution < 1.29 is 45.2 Å². The van der Waals surface area contributed by atoms with Crippen LogP contribution in [0, 0.1) is 39.2 Å². The maximum atomic E-state index is 13.6. The number of carbonyl (C=O) groups is 1. The van der Waals surface area contributed by atoms with Crippen molar-refractivity contribution in [2.75, 3.05) is 10.6 Å². The summed E-state index contributed by atoms with van der Waals surface area (Å²) >= 11 is 0. The summed E-state index contributed by atoms with van der Waals surface area (Å²) < 4.78 is 89.2. The zero-order valence-electron chi connectivity index (χ0n) is 13.5. The van der Waals surface area contributed by atoms with Crippen LogP contribution in [0.15, 0.2) is 17.0 Å². The second kappa shape index (κ2) is 7.47.